The van der Waals surface area contributed by atoms with Gasteiger partial charge in [-0.3, -0.25) is 4.90 Å². The number of nitrogens with zero attached hydrogens (tertiary/aromatic N) is 1. The van der Waals surface area contributed by atoms with Crippen molar-refractivity contribution in [2.45, 2.75) is 33.2 Å². The van der Waals surface area contributed by atoms with Crippen molar-refractivity contribution in [3.63, 3.8) is 0 Å². The van der Waals surface area contributed by atoms with Gasteiger partial charge in [0.15, 0.2) is 0 Å². The molecule has 1 heteroatoms. The Hall–Kier alpha value is -1.26. The monoisotopic (exact) mass is 215 g/mol. The normalized spacial score (nSPS) is 10.4. The summed E-state index contributed by atoms with van der Waals surface area (Å²) in [4.78, 5) is 2.49. The van der Waals surface area contributed by atoms with Crippen LogP contribution in [0.5, 0.6) is 0 Å². The van der Waals surface area contributed by atoms with Gasteiger partial charge < -0.3 is 0 Å². The molecule has 0 fully saturated rings. The Balaban J connectivity index is 2.59. The van der Waals surface area contributed by atoms with Gasteiger partial charge in [0, 0.05) is 12.1 Å². The smallest absolute Gasteiger partial charge is 0.0242 e. The highest BCUT2D eigenvalue weighted by Gasteiger charge is 2.03. The second-order valence-corrected chi connectivity index (χ2v) is 4.12. The highest BCUT2D eigenvalue weighted by Crippen LogP contribution is 2.08. The molecule has 86 valence electrons. The second kappa shape index (κ2) is 7.09. The summed E-state index contributed by atoms with van der Waals surface area (Å²) in [6.07, 6.45) is 7.76. The number of hydrogen-bond donors (Lipinski definition) is 0. The van der Waals surface area contributed by atoms with Crippen LogP contribution in [0.2, 0.25) is 0 Å². The molecule has 0 saturated heterocycles. The molecular weight excluding hydrogens is 194 g/mol. The molecule has 0 aliphatic rings. The number of benzene rings is 1. The van der Waals surface area contributed by atoms with Gasteiger partial charge >= 0.3 is 0 Å². The SMILES string of the molecule is C#Cc1ccc(CN(CCC)CCC)cc1. The summed E-state index contributed by atoms with van der Waals surface area (Å²) < 4.78 is 0. The van der Waals surface area contributed by atoms with Gasteiger partial charge in [-0.15, -0.1) is 6.42 Å². The van der Waals surface area contributed by atoms with Crippen LogP contribution in [0.1, 0.15) is 37.8 Å². The zero-order chi connectivity index (χ0) is 11.8. The van der Waals surface area contributed by atoms with Gasteiger partial charge in [0.05, 0.1) is 0 Å². The maximum atomic E-state index is 5.34. The second-order valence-electron chi connectivity index (χ2n) is 4.12. The molecule has 0 radical (unpaired) electrons. The van der Waals surface area contributed by atoms with Gasteiger partial charge in [0.25, 0.3) is 0 Å². The van der Waals surface area contributed by atoms with Gasteiger partial charge in [0.2, 0.25) is 0 Å². The molecule has 1 nitrogen and oxygen atoms in total. The lowest BCUT2D eigenvalue weighted by molar-refractivity contribution is 0.266. The van der Waals surface area contributed by atoms with Crippen molar-refractivity contribution < 1.29 is 0 Å². The minimum Gasteiger partial charge on any atom is -0.299 e. The molecular formula is C15H21N. The first-order chi connectivity index (χ1) is 7.80. The minimum atomic E-state index is 0.960. The predicted octanol–water partition coefficient (Wildman–Crippen LogP) is 3.29. The molecule has 0 saturated carbocycles. The van der Waals surface area contributed by atoms with Crippen LogP contribution >= 0.6 is 0 Å². The van der Waals surface area contributed by atoms with Crippen molar-refractivity contribution in [2.24, 2.45) is 0 Å². The van der Waals surface area contributed by atoms with E-state index >= 15 is 0 Å². The first-order valence-electron chi connectivity index (χ1n) is 6.08. The maximum absolute atomic E-state index is 5.34. The summed E-state index contributed by atoms with van der Waals surface area (Å²) in [7, 11) is 0. The molecule has 0 heterocycles. The van der Waals surface area contributed by atoms with Crippen LogP contribution in [0.15, 0.2) is 24.3 Å². The van der Waals surface area contributed by atoms with E-state index in [1.54, 1.807) is 0 Å². The van der Waals surface area contributed by atoms with E-state index in [9.17, 15) is 0 Å². The Morgan fingerprint density at radius 1 is 1.06 bits per heavy atom. The quantitative estimate of drug-likeness (QED) is 0.658. The van der Waals surface area contributed by atoms with Crippen molar-refractivity contribution in [1.29, 1.82) is 0 Å². The summed E-state index contributed by atoms with van der Waals surface area (Å²) in [5, 5.41) is 0. The van der Waals surface area contributed by atoms with E-state index in [0.717, 1.165) is 12.1 Å². The lowest BCUT2D eigenvalue weighted by Gasteiger charge is -2.20. The molecule has 1 aromatic rings. The largest absolute Gasteiger partial charge is 0.299 e. The fourth-order valence-electron chi connectivity index (χ4n) is 1.87. The van der Waals surface area contributed by atoms with Crippen LogP contribution in [0.4, 0.5) is 0 Å². The molecule has 0 aliphatic heterocycles. The van der Waals surface area contributed by atoms with E-state index in [2.05, 4.69) is 36.8 Å². The van der Waals surface area contributed by atoms with Crippen LogP contribution in [0.3, 0.4) is 0 Å². The highest BCUT2D eigenvalue weighted by atomic mass is 15.1. The Kier molecular flexibility index (Phi) is 5.67. The average Bonchev–Trinajstić information content (AvgIpc) is 2.31. The fourth-order valence-corrected chi connectivity index (χ4v) is 1.87. The molecule has 0 aliphatic carbocycles. The summed E-state index contributed by atoms with van der Waals surface area (Å²) in [5.74, 6) is 2.64. The summed E-state index contributed by atoms with van der Waals surface area (Å²) in [5.41, 5.74) is 2.31. The fraction of sp³-hybridized carbons (Fsp3) is 0.467. The molecule has 1 rings (SSSR count). The van der Waals surface area contributed by atoms with Gasteiger partial charge in [-0.25, -0.2) is 0 Å². The summed E-state index contributed by atoms with van der Waals surface area (Å²) in [6.45, 7) is 7.83. The third-order valence-corrected chi connectivity index (χ3v) is 2.61. The van der Waals surface area contributed by atoms with Gasteiger partial charge in [-0.2, -0.15) is 0 Å². The van der Waals surface area contributed by atoms with E-state index in [0.29, 0.717) is 0 Å². The zero-order valence-electron chi connectivity index (χ0n) is 10.4. The molecule has 0 bridgehead atoms. The van der Waals surface area contributed by atoms with Crippen LogP contribution in [0.25, 0.3) is 0 Å². The molecule has 0 aromatic heterocycles. The van der Waals surface area contributed by atoms with E-state index in [-0.39, 0.29) is 0 Å². The lowest BCUT2D eigenvalue weighted by Crippen LogP contribution is -2.24. The molecule has 0 atom stereocenters. The van der Waals surface area contributed by atoms with Crippen molar-refractivity contribution in [1.82, 2.24) is 4.90 Å². The van der Waals surface area contributed by atoms with E-state index < -0.39 is 0 Å². The van der Waals surface area contributed by atoms with Crippen molar-refractivity contribution in [3.05, 3.63) is 35.4 Å². The van der Waals surface area contributed by atoms with E-state index in [1.807, 2.05) is 12.1 Å². The molecule has 1 aromatic carbocycles. The molecule has 0 spiro atoms. The molecule has 0 unspecified atom stereocenters. The topological polar surface area (TPSA) is 3.24 Å². The number of rotatable bonds is 6. The van der Waals surface area contributed by atoms with Gasteiger partial charge in [0.1, 0.15) is 0 Å². The maximum Gasteiger partial charge on any atom is 0.0242 e. The van der Waals surface area contributed by atoms with E-state index in [4.69, 9.17) is 6.42 Å². The first kappa shape index (κ1) is 12.8. The van der Waals surface area contributed by atoms with E-state index in [1.165, 1.54) is 31.5 Å². The Morgan fingerprint density at radius 3 is 2.06 bits per heavy atom. The van der Waals surface area contributed by atoms with Crippen molar-refractivity contribution >= 4 is 0 Å². The zero-order valence-corrected chi connectivity index (χ0v) is 10.4. The average molecular weight is 215 g/mol. The first-order valence-corrected chi connectivity index (χ1v) is 6.08. The number of terminal acetylenes is 1. The van der Waals surface area contributed by atoms with Crippen LogP contribution in [0, 0.1) is 12.3 Å². The Morgan fingerprint density at radius 2 is 1.62 bits per heavy atom. The van der Waals surface area contributed by atoms with Crippen LogP contribution < -0.4 is 0 Å². The predicted molar refractivity (Wildman–Crippen MR) is 70.2 cm³/mol. The molecule has 0 amide bonds. The number of hydrogen-bond acceptors (Lipinski definition) is 1. The van der Waals surface area contributed by atoms with Gasteiger partial charge in [-0.05, 0) is 43.6 Å². The molecule has 16 heavy (non-hydrogen) atoms. The third kappa shape index (κ3) is 4.08. The van der Waals surface area contributed by atoms with Crippen LogP contribution in [-0.4, -0.2) is 18.0 Å². The lowest BCUT2D eigenvalue weighted by atomic mass is 10.1. The highest BCUT2D eigenvalue weighted by molar-refractivity contribution is 5.34. The van der Waals surface area contributed by atoms with Crippen molar-refractivity contribution in [2.75, 3.05) is 13.1 Å². The van der Waals surface area contributed by atoms with Crippen LogP contribution in [-0.2, 0) is 6.54 Å². The van der Waals surface area contributed by atoms with Gasteiger partial charge in [-0.1, -0.05) is 31.9 Å². The molecule has 0 N–H and O–H groups in total. The Bertz CT molecular complexity index is 325. The third-order valence-electron chi connectivity index (χ3n) is 2.61. The minimum absolute atomic E-state index is 0.960. The van der Waals surface area contributed by atoms with Crippen molar-refractivity contribution in [3.8, 4) is 12.3 Å². The summed E-state index contributed by atoms with van der Waals surface area (Å²) in [6, 6.07) is 8.30. The summed E-state index contributed by atoms with van der Waals surface area (Å²) >= 11 is 0. The Labute approximate surface area is 99.5 Å². The standard InChI is InChI=1S/C15H21N/c1-4-11-16(12-5-2)13-15-9-7-14(6-3)8-10-15/h3,7-10H,4-5,11-13H2,1-2H3.